The largest absolute Gasteiger partial charge is 0.452 e. The van der Waals surface area contributed by atoms with Crippen molar-refractivity contribution in [1.82, 2.24) is 5.32 Å². The molecule has 0 bridgehead atoms. The predicted octanol–water partition coefficient (Wildman–Crippen LogP) is 2.36. The van der Waals surface area contributed by atoms with Crippen LogP contribution < -0.4 is 11.1 Å². The van der Waals surface area contributed by atoms with Gasteiger partial charge in [-0.15, -0.1) is 0 Å². The summed E-state index contributed by atoms with van der Waals surface area (Å²) in [5, 5.41) is 2.89. The van der Waals surface area contributed by atoms with E-state index in [2.05, 4.69) is 5.32 Å². The maximum atomic E-state index is 11.8. The number of carbonyl (C=O) groups excluding carboxylic acids is 1. The van der Waals surface area contributed by atoms with Crippen LogP contribution >= 0.6 is 11.6 Å². The Morgan fingerprint density at radius 1 is 1.21 bits per heavy atom. The number of benzene rings is 1. The molecule has 1 aromatic carbocycles. The van der Waals surface area contributed by atoms with E-state index in [4.69, 9.17) is 21.8 Å². The molecule has 0 aliphatic carbocycles. The van der Waals surface area contributed by atoms with E-state index in [1.54, 1.807) is 6.07 Å². The predicted molar refractivity (Wildman–Crippen MR) is 74.1 cm³/mol. The van der Waals surface area contributed by atoms with E-state index >= 15 is 0 Å². The molecule has 0 saturated carbocycles. The van der Waals surface area contributed by atoms with Crippen molar-refractivity contribution in [2.24, 2.45) is 5.73 Å². The average molecular weight is 279 g/mol. The molecule has 19 heavy (non-hydrogen) atoms. The number of halogens is 1. The van der Waals surface area contributed by atoms with Gasteiger partial charge >= 0.3 is 0 Å². The fraction of sp³-hybridized carbons (Fsp3) is 0.214. The van der Waals surface area contributed by atoms with Gasteiger partial charge in [0.05, 0.1) is 11.8 Å². The molecule has 2 rings (SSSR count). The molecule has 0 aliphatic rings. The maximum absolute atomic E-state index is 11.8. The van der Waals surface area contributed by atoms with Gasteiger partial charge in [-0.25, -0.2) is 0 Å². The lowest BCUT2D eigenvalue weighted by Gasteiger charge is -2.05. The van der Waals surface area contributed by atoms with E-state index in [1.807, 2.05) is 24.3 Å². The van der Waals surface area contributed by atoms with Gasteiger partial charge in [-0.3, -0.25) is 4.79 Å². The summed E-state index contributed by atoms with van der Waals surface area (Å²) >= 11 is 5.73. The fourth-order valence-electron chi connectivity index (χ4n) is 1.72. The van der Waals surface area contributed by atoms with Crippen molar-refractivity contribution < 1.29 is 9.21 Å². The Bertz CT molecular complexity index is 549. The number of nitrogens with two attached hydrogens (primary N) is 1. The van der Waals surface area contributed by atoms with Crippen LogP contribution in [-0.4, -0.2) is 12.5 Å². The normalized spacial score (nSPS) is 10.4. The molecule has 1 heterocycles. The average Bonchev–Trinajstić information content (AvgIpc) is 2.84. The van der Waals surface area contributed by atoms with Crippen molar-refractivity contribution in [1.29, 1.82) is 0 Å². The standard InChI is InChI=1S/C14H15ClN2O2/c15-13-12(6-8-19-13)14(18)17-9-11-3-1-10(2-4-11)5-7-16/h1-4,6,8H,5,7,9,16H2,(H,17,18). The summed E-state index contributed by atoms with van der Waals surface area (Å²) in [6.45, 7) is 1.08. The molecule has 0 spiro atoms. The van der Waals surface area contributed by atoms with Gasteiger partial charge in [-0.2, -0.15) is 0 Å². The van der Waals surface area contributed by atoms with Gasteiger partial charge in [0.2, 0.25) is 5.22 Å². The second kappa shape index (κ2) is 6.41. The molecule has 0 radical (unpaired) electrons. The Hall–Kier alpha value is -1.78. The van der Waals surface area contributed by atoms with Crippen LogP contribution in [0.15, 0.2) is 41.0 Å². The number of amides is 1. The Kier molecular flexibility index (Phi) is 4.60. The first-order valence-electron chi connectivity index (χ1n) is 6.00. The molecular formula is C14H15ClN2O2. The zero-order valence-corrected chi connectivity index (χ0v) is 11.1. The van der Waals surface area contributed by atoms with Crippen molar-refractivity contribution in [3.63, 3.8) is 0 Å². The molecular weight excluding hydrogens is 264 g/mol. The van der Waals surface area contributed by atoms with E-state index in [0.717, 1.165) is 12.0 Å². The van der Waals surface area contributed by atoms with Gasteiger partial charge in [0, 0.05) is 6.54 Å². The first-order chi connectivity index (χ1) is 9.20. The third-order valence-corrected chi connectivity index (χ3v) is 3.06. The van der Waals surface area contributed by atoms with E-state index < -0.39 is 0 Å². The van der Waals surface area contributed by atoms with Gasteiger partial charge < -0.3 is 15.5 Å². The minimum Gasteiger partial charge on any atom is -0.452 e. The third-order valence-electron chi connectivity index (χ3n) is 2.77. The SMILES string of the molecule is NCCc1ccc(CNC(=O)c2ccoc2Cl)cc1. The maximum Gasteiger partial charge on any atom is 0.256 e. The second-order valence-corrected chi connectivity index (χ2v) is 4.49. The first kappa shape index (κ1) is 13.6. The molecule has 100 valence electrons. The van der Waals surface area contributed by atoms with Crippen molar-refractivity contribution in [3.8, 4) is 0 Å². The highest BCUT2D eigenvalue weighted by atomic mass is 35.5. The van der Waals surface area contributed by atoms with Crippen LogP contribution in [0, 0.1) is 0 Å². The zero-order valence-electron chi connectivity index (χ0n) is 10.4. The van der Waals surface area contributed by atoms with Crippen LogP contribution in [-0.2, 0) is 13.0 Å². The summed E-state index contributed by atoms with van der Waals surface area (Å²) in [5.41, 5.74) is 8.05. The van der Waals surface area contributed by atoms with Crippen LogP contribution in [0.3, 0.4) is 0 Å². The third kappa shape index (κ3) is 3.59. The smallest absolute Gasteiger partial charge is 0.256 e. The number of rotatable bonds is 5. The van der Waals surface area contributed by atoms with E-state index in [9.17, 15) is 4.79 Å². The molecule has 4 nitrogen and oxygen atoms in total. The van der Waals surface area contributed by atoms with Crippen molar-refractivity contribution >= 4 is 17.5 Å². The van der Waals surface area contributed by atoms with Crippen molar-refractivity contribution in [2.75, 3.05) is 6.54 Å². The summed E-state index contributed by atoms with van der Waals surface area (Å²) in [7, 11) is 0. The second-order valence-electron chi connectivity index (χ2n) is 4.15. The van der Waals surface area contributed by atoms with Crippen LogP contribution in [0.4, 0.5) is 0 Å². The van der Waals surface area contributed by atoms with Gasteiger partial charge in [0.15, 0.2) is 0 Å². The van der Waals surface area contributed by atoms with E-state index in [-0.39, 0.29) is 11.1 Å². The van der Waals surface area contributed by atoms with Crippen LogP contribution in [0.25, 0.3) is 0 Å². The van der Waals surface area contributed by atoms with E-state index in [0.29, 0.717) is 18.7 Å². The fourth-order valence-corrected chi connectivity index (χ4v) is 1.92. The number of nitrogens with one attached hydrogen (secondary N) is 1. The lowest BCUT2D eigenvalue weighted by Crippen LogP contribution is -2.22. The summed E-state index contributed by atoms with van der Waals surface area (Å²) in [6, 6.07) is 9.52. The number of hydrogen-bond donors (Lipinski definition) is 2. The van der Waals surface area contributed by atoms with E-state index in [1.165, 1.54) is 11.8 Å². The molecule has 5 heteroatoms. The van der Waals surface area contributed by atoms with Crippen molar-refractivity contribution in [2.45, 2.75) is 13.0 Å². The summed E-state index contributed by atoms with van der Waals surface area (Å²) < 4.78 is 4.87. The van der Waals surface area contributed by atoms with Crippen molar-refractivity contribution in [3.05, 3.63) is 58.5 Å². The molecule has 0 unspecified atom stereocenters. The van der Waals surface area contributed by atoms with Gasteiger partial charge in [0.1, 0.15) is 0 Å². The van der Waals surface area contributed by atoms with Gasteiger partial charge in [-0.1, -0.05) is 24.3 Å². The minimum atomic E-state index is -0.246. The molecule has 0 atom stereocenters. The highest BCUT2D eigenvalue weighted by Gasteiger charge is 2.12. The Labute approximate surface area is 116 Å². The summed E-state index contributed by atoms with van der Waals surface area (Å²) in [5.74, 6) is -0.246. The van der Waals surface area contributed by atoms with Crippen LogP contribution in [0.2, 0.25) is 5.22 Å². The minimum absolute atomic E-state index is 0.107. The molecule has 0 aliphatic heterocycles. The lowest BCUT2D eigenvalue weighted by atomic mass is 10.1. The number of furan rings is 1. The quantitative estimate of drug-likeness (QED) is 0.882. The molecule has 1 amide bonds. The summed E-state index contributed by atoms with van der Waals surface area (Å²) in [6.07, 6.45) is 2.25. The lowest BCUT2D eigenvalue weighted by molar-refractivity contribution is 0.0950. The van der Waals surface area contributed by atoms with Gasteiger partial charge in [-0.05, 0) is 41.8 Å². The molecule has 2 aromatic rings. The Morgan fingerprint density at radius 2 is 1.89 bits per heavy atom. The monoisotopic (exact) mass is 278 g/mol. The zero-order chi connectivity index (χ0) is 13.7. The first-order valence-corrected chi connectivity index (χ1v) is 6.37. The Balaban J connectivity index is 1.92. The molecule has 3 N–H and O–H groups in total. The topological polar surface area (TPSA) is 68.3 Å². The van der Waals surface area contributed by atoms with Gasteiger partial charge in [0.25, 0.3) is 5.91 Å². The molecule has 0 fully saturated rings. The van der Waals surface area contributed by atoms with Crippen LogP contribution in [0.5, 0.6) is 0 Å². The molecule has 0 saturated heterocycles. The Morgan fingerprint density at radius 3 is 2.47 bits per heavy atom. The number of carbonyl (C=O) groups is 1. The highest BCUT2D eigenvalue weighted by Crippen LogP contribution is 2.16. The highest BCUT2D eigenvalue weighted by molar-refractivity contribution is 6.32. The molecule has 1 aromatic heterocycles. The number of hydrogen-bond acceptors (Lipinski definition) is 3. The van der Waals surface area contributed by atoms with Crippen LogP contribution in [0.1, 0.15) is 21.5 Å². The summed E-state index contributed by atoms with van der Waals surface area (Å²) in [4.78, 5) is 11.8.